The summed E-state index contributed by atoms with van der Waals surface area (Å²) in [6, 6.07) is 18.6. The number of carbonyl (C=O) groups excluding carboxylic acids is 1. The van der Waals surface area contributed by atoms with Gasteiger partial charge in [0.1, 0.15) is 12.4 Å². The Hall–Kier alpha value is -1.81. The van der Waals surface area contributed by atoms with E-state index < -0.39 is 10.5 Å². The lowest BCUT2D eigenvalue weighted by Gasteiger charge is -2.22. The lowest BCUT2D eigenvalue weighted by molar-refractivity contribution is -0.154. The van der Waals surface area contributed by atoms with Crippen molar-refractivity contribution in [2.75, 3.05) is 0 Å². The molecule has 2 aromatic carbocycles. The van der Waals surface area contributed by atoms with Gasteiger partial charge in [-0.1, -0.05) is 48.5 Å². The summed E-state index contributed by atoms with van der Waals surface area (Å²) in [5.41, 5.74) is 0.934. The number of carbonyl (C=O) groups is 1. The topological polar surface area (TPSA) is 35.5 Å². The molecule has 1 atom stereocenters. The summed E-state index contributed by atoms with van der Waals surface area (Å²) in [5, 5.41) is 0. The monoisotopic (exact) mass is 334 g/mol. The molecule has 0 fully saturated rings. The Morgan fingerprint density at radius 3 is 2.20 bits per heavy atom. The van der Waals surface area contributed by atoms with E-state index in [0.717, 1.165) is 5.56 Å². The molecule has 104 valence electrons. The summed E-state index contributed by atoms with van der Waals surface area (Å²) in [5.74, 6) is 0.133. The average molecular weight is 335 g/mol. The first-order valence-corrected chi connectivity index (χ1v) is 7.01. The maximum atomic E-state index is 12.0. The summed E-state index contributed by atoms with van der Waals surface area (Å²) >= 11 is 3.26. The third-order valence-electron chi connectivity index (χ3n) is 2.63. The summed E-state index contributed by atoms with van der Waals surface area (Å²) in [4.78, 5) is 12.0. The van der Waals surface area contributed by atoms with E-state index in [4.69, 9.17) is 9.47 Å². The van der Waals surface area contributed by atoms with Gasteiger partial charge in [0.2, 0.25) is 0 Å². The van der Waals surface area contributed by atoms with Crippen LogP contribution in [0.2, 0.25) is 0 Å². The van der Waals surface area contributed by atoms with Gasteiger partial charge in [0.15, 0.2) is 0 Å². The first-order chi connectivity index (χ1) is 9.58. The van der Waals surface area contributed by atoms with Gasteiger partial charge in [-0.2, -0.15) is 0 Å². The molecule has 0 aliphatic carbocycles. The van der Waals surface area contributed by atoms with Crippen LogP contribution in [0.3, 0.4) is 0 Å². The Labute approximate surface area is 126 Å². The van der Waals surface area contributed by atoms with E-state index in [1.165, 1.54) is 0 Å². The third kappa shape index (κ3) is 4.10. The second-order valence-electron chi connectivity index (χ2n) is 4.39. The molecule has 20 heavy (non-hydrogen) atoms. The highest BCUT2D eigenvalue weighted by molar-refractivity contribution is 9.10. The van der Waals surface area contributed by atoms with Crippen molar-refractivity contribution in [1.29, 1.82) is 0 Å². The Morgan fingerprint density at radius 2 is 1.60 bits per heavy atom. The molecule has 0 saturated heterocycles. The van der Waals surface area contributed by atoms with Gasteiger partial charge in [-0.3, -0.25) is 0 Å². The number of hydrogen-bond donors (Lipinski definition) is 0. The van der Waals surface area contributed by atoms with Crippen molar-refractivity contribution in [2.24, 2.45) is 0 Å². The normalized spacial score (nSPS) is 13.3. The van der Waals surface area contributed by atoms with Crippen LogP contribution in [0.4, 0.5) is 0 Å². The molecule has 0 radical (unpaired) electrons. The van der Waals surface area contributed by atoms with E-state index in [1.807, 2.05) is 48.5 Å². The van der Waals surface area contributed by atoms with Gasteiger partial charge in [-0.15, -0.1) is 0 Å². The van der Waals surface area contributed by atoms with E-state index in [-0.39, 0.29) is 6.61 Å². The van der Waals surface area contributed by atoms with E-state index in [9.17, 15) is 4.79 Å². The molecule has 0 aliphatic rings. The molecule has 0 N–H and O–H groups in total. The maximum absolute atomic E-state index is 12.0. The molecule has 0 bridgehead atoms. The van der Waals surface area contributed by atoms with Crippen molar-refractivity contribution < 1.29 is 14.3 Å². The number of benzene rings is 2. The molecule has 3 nitrogen and oxygen atoms in total. The molecule has 0 spiro atoms. The molecule has 2 aromatic rings. The SMILES string of the molecule is CC(Br)(Oc1ccccc1)C(=O)OCc1ccccc1. The second kappa shape index (κ2) is 6.57. The Bertz CT molecular complexity index is 552. The smallest absolute Gasteiger partial charge is 0.361 e. The number of alkyl halides is 1. The van der Waals surface area contributed by atoms with Crippen LogP contribution in [0.25, 0.3) is 0 Å². The van der Waals surface area contributed by atoms with Crippen LogP contribution in [-0.2, 0) is 16.1 Å². The summed E-state index contributed by atoms with van der Waals surface area (Å²) in [6.45, 7) is 1.84. The number of para-hydroxylation sites is 1. The molecule has 0 aliphatic heterocycles. The highest BCUT2D eigenvalue weighted by Gasteiger charge is 2.34. The van der Waals surface area contributed by atoms with Crippen LogP contribution in [0.1, 0.15) is 12.5 Å². The first-order valence-electron chi connectivity index (χ1n) is 6.22. The molecule has 0 amide bonds. The minimum atomic E-state index is -1.21. The fourth-order valence-electron chi connectivity index (χ4n) is 1.60. The molecule has 0 aromatic heterocycles. The van der Waals surface area contributed by atoms with Crippen LogP contribution < -0.4 is 4.74 Å². The minimum Gasteiger partial charge on any atom is -0.465 e. The average Bonchev–Trinajstić information content (AvgIpc) is 2.46. The second-order valence-corrected chi connectivity index (χ2v) is 5.91. The molecule has 1 unspecified atom stereocenters. The molecule has 0 heterocycles. The van der Waals surface area contributed by atoms with Crippen LogP contribution in [0, 0.1) is 0 Å². The van der Waals surface area contributed by atoms with Crippen molar-refractivity contribution in [3.8, 4) is 5.75 Å². The highest BCUT2D eigenvalue weighted by Crippen LogP contribution is 2.25. The van der Waals surface area contributed by atoms with Crippen LogP contribution in [-0.4, -0.2) is 10.5 Å². The molecule has 0 saturated carbocycles. The van der Waals surface area contributed by atoms with Gasteiger partial charge in [-0.05, 0) is 40.5 Å². The Morgan fingerprint density at radius 1 is 1.05 bits per heavy atom. The fraction of sp³-hybridized carbons (Fsp3) is 0.188. The largest absolute Gasteiger partial charge is 0.465 e. The zero-order chi connectivity index (χ0) is 14.4. The first kappa shape index (κ1) is 14.6. The van der Waals surface area contributed by atoms with Crippen molar-refractivity contribution in [3.63, 3.8) is 0 Å². The van der Waals surface area contributed by atoms with E-state index >= 15 is 0 Å². The lowest BCUT2D eigenvalue weighted by atomic mass is 10.2. The predicted molar refractivity (Wildman–Crippen MR) is 80.6 cm³/mol. The minimum absolute atomic E-state index is 0.221. The lowest BCUT2D eigenvalue weighted by Crippen LogP contribution is -2.36. The van der Waals surface area contributed by atoms with Crippen LogP contribution in [0.5, 0.6) is 5.75 Å². The zero-order valence-electron chi connectivity index (χ0n) is 11.1. The summed E-state index contributed by atoms with van der Waals surface area (Å²) in [7, 11) is 0. The number of rotatable bonds is 5. The number of esters is 1. The summed E-state index contributed by atoms with van der Waals surface area (Å²) < 4.78 is 9.64. The third-order valence-corrected chi connectivity index (χ3v) is 3.12. The Balaban J connectivity index is 1.93. The van der Waals surface area contributed by atoms with Gasteiger partial charge < -0.3 is 9.47 Å². The van der Waals surface area contributed by atoms with Gasteiger partial charge in [0.05, 0.1) is 0 Å². The molecule has 2 rings (SSSR count). The zero-order valence-corrected chi connectivity index (χ0v) is 12.7. The van der Waals surface area contributed by atoms with Crippen molar-refractivity contribution >= 4 is 21.9 Å². The van der Waals surface area contributed by atoms with Gasteiger partial charge in [0.25, 0.3) is 4.51 Å². The number of halogens is 1. The predicted octanol–water partition coefficient (Wildman–Crippen LogP) is 3.92. The van der Waals surface area contributed by atoms with Crippen molar-refractivity contribution in [2.45, 2.75) is 18.0 Å². The van der Waals surface area contributed by atoms with Crippen molar-refractivity contribution in [3.05, 3.63) is 66.2 Å². The van der Waals surface area contributed by atoms with E-state index in [0.29, 0.717) is 5.75 Å². The number of hydrogen-bond acceptors (Lipinski definition) is 3. The molecular formula is C16H15BrO3. The highest BCUT2D eigenvalue weighted by atomic mass is 79.9. The fourth-order valence-corrected chi connectivity index (χ4v) is 1.90. The van der Waals surface area contributed by atoms with Crippen molar-refractivity contribution in [1.82, 2.24) is 0 Å². The van der Waals surface area contributed by atoms with E-state index in [1.54, 1.807) is 19.1 Å². The van der Waals surface area contributed by atoms with Crippen LogP contribution >= 0.6 is 15.9 Å². The number of ether oxygens (including phenoxy) is 2. The van der Waals surface area contributed by atoms with Gasteiger partial charge in [0, 0.05) is 0 Å². The quantitative estimate of drug-likeness (QED) is 0.614. The molecule has 4 heteroatoms. The van der Waals surface area contributed by atoms with Gasteiger partial charge in [-0.25, -0.2) is 4.79 Å². The van der Waals surface area contributed by atoms with Gasteiger partial charge >= 0.3 is 5.97 Å². The maximum Gasteiger partial charge on any atom is 0.361 e. The molecular weight excluding hydrogens is 320 g/mol. The Kier molecular flexibility index (Phi) is 4.79. The van der Waals surface area contributed by atoms with E-state index in [2.05, 4.69) is 15.9 Å². The summed E-state index contributed by atoms with van der Waals surface area (Å²) in [6.07, 6.45) is 0. The van der Waals surface area contributed by atoms with Crippen LogP contribution in [0.15, 0.2) is 60.7 Å². The standard InChI is InChI=1S/C16H15BrO3/c1-16(17,20-14-10-6-3-7-11-14)15(18)19-12-13-8-4-2-5-9-13/h2-11H,12H2,1H3.